The summed E-state index contributed by atoms with van der Waals surface area (Å²) in [6.45, 7) is 4.05. The van der Waals surface area contributed by atoms with Gasteiger partial charge in [0.05, 0.1) is 13.2 Å². The highest BCUT2D eigenvalue weighted by Crippen LogP contribution is 2.17. The summed E-state index contributed by atoms with van der Waals surface area (Å²) in [5, 5.41) is 52.5. The highest BCUT2D eigenvalue weighted by atomic mass is 16.5. The number of hydrogen-bond acceptors (Lipinski definition) is 7. The predicted molar refractivity (Wildman–Crippen MR) is 191 cm³/mol. The fourth-order valence-electron chi connectivity index (χ4n) is 5.66. The molecule has 1 aliphatic rings. The molecule has 0 unspecified atom stereocenters. The quantitative estimate of drug-likeness (QED) is 0.0409. The summed E-state index contributed by atoms with van der Waals surface area (Å²) >= 11 is 0. The van der Waals surface area contributed by atoms with E-state index in [9.17, 15) is 9.59 Å². The van der Waals surface area contributed by atoms with Crippen LogP contribution in [0.4, 0.5) is 0 Å². The maximum absolute atomic E-state index is 10.3. The molecule has 1 fully saturated rings. The maximum atomic E-state index is 10.3. The fourth-order valence-corrected chi connectivity index (χ4v) is 5.66. The highest BCUT2D eigenvalue weighted by molar-refractivity contribution is 5.66. The summed E-state index contributed by atoms with van der Waals surface area (Å²) in [5.41, 5.74) is 0. The molecular formula is C38H76O9. The third-order valence-electron chi connectivity index (χ3n) is 8.74. The van der Waals surface area contributed by atoms with Crippen LogP contribution in [0.2, 0.25) is 0 Å². The number of aliphatic hydroxyl groups excluding tert-OH is 4. The normalized spacial score (nSPS) is 17.8. The van der Waals surface area contributed by atoms with E-state index in [2.05, 4.69) is 13.8 Å². The van der Waals surface area contributed by atoms with E-state index in [1.807, 2.05) is 0 Å². The zero-order chi connectivity index (χ0) is 35.4. The van der Waals surface area contributed by atoms with E-state index < -0.39 is 43.0 Å². The first-order valence-electron chi connectivity index (χ1n) is 19.4. The molecule has 1 saturated heterocycles. The molecule has 0 aromatic rings. The molecule has 9 nitrogen and oxygen atoms in total. The van der Waals surface area contributed by atoms with Crippen LogP contribution in [0.15, 0.2) is 0 Å². The molecule has 282 valence electrons. The van der Waals surface area contributed by atoms with Gasteiger partial charge < -0.3 is 35.4 Å². The van der Waals surface area contributed by atoms with Gasteiger partial charge in [-0.05, 0) is 12.8 Å². The standard InChI is InChI=1S/2C16H32O2.C6H12O5/c2*1-2-3-4-5-6-7-8-9-10-11-12-13-14-15-16(17)18;7-1-3(8)6-5(10)4(9)2-11-6/h2*2-15H2,1H3,(H,17,18);3-10H,1-2H2/t;;3-,4+,5-,6-/m..1/s1. The summed E-state index contributed by atoms with van der Waals surface area (Å²) < 4.78 is 4.82. The van der Waals surface area contributed by atoms with Gasteiger partial charge >= 0.3 is 11.9 Å². The van der Waals surface area contributed by atoms with Crippen molar-refractivity contribution >= 4 is 11.9 Å². The SMILES string of the molecule is CCCCCCCCCCCCCCCC(=O)O.CCCCCCCCCCCCCCCC(=O)O.OC[C@@H](O)[C@H]1OC[C@H](O)[C@H]1O. The zero-order valence-electron chi connectivity index (χ0n) is 30.4. The second-order valence-corrected chi connectivity index (χ2v) is 13.4. The van der Waals surface area contributed by atoms with Crippen molar-refractivity contribution < 1.29 is 45.0 Å². The smallest absolute Gasteiger partial charge is 0.303 e. The minimum atomic E-state index is -1.12. The van der Waals surface area contributed by atoms with Gasteiger partial charge in [0.2, 0.25) is 0 Å². The van der Waals surface area contributed by atoms with Crippen molar-refractivity contribution in [1.29, 1.82) is 0 Å². The number of unbranched alkanes of at least 4 members (excludes halogenated alkanes) is 24. The summed E-state index contributed by atoms with van der Waals surface area (Å²) in [5.74, 6) is -1.31. The van der Waals surface area contributed by atoms with Crippen molar-refractivity contribution in [3.63, 3.8) is 0 Å². The molecule has 6 N–H and O–H groups in total. The minimum Gasteiger partial charge on any atom is -0.481 e. The number of aliphatic hydroxyl groups is 4. The van der Waals surface area contributed by atoms with E-state index in [1.54, 1.807) is 0 Å². The van der Waals surface area contributed by atoms with Crippen LogP contribution in [0.25, 0.3) is 0 Å². The first-order valence-corrected chi connectivity index (χ1v) is 19.4. The Morgan fingerprint density at radius 2 is 0.830 bits per heavy atom. The Hall–Kier alpha value is -1.26. The first kappa shape index (κ1) is 47.9. The van der Waals surface area contributed by atoms with Gasteiger partial charge in [0, 0.05) is 12.8 Å². The number of carbonyl (C=O) groups is 2. The van der Waals surface area contributed by atoms with E-state index in [0.717, 1.165) is 25.7 Å². The Morgan fingerprint density at radius 1 is 0.553 bits per heavy atom. The van der Waals surface area contributed by atoms with Gasteiger partial charge in [-0.25, -0.2) is 0 Å². The first-order chi connectivity index (χ1) is 22.7. The second-order valence-electron chi connectivity index (χ2n) is 13.4. The topological polar surface area (TPSA) is 165 Å². The van der Waals surface area contributed by atoms with Gasteiger partial charge in [-0.3, -0.25) is 9.59 Å². The maximum Gasteiger partial charge on any atom is 0.303 e. The van der Waals surface area contributed by atoms with Crippen molar-refractivity contribution in [2.24, 2.45) is 0 Å². The number of aliphatic carboxylic acids is 2. The van der Waals surface area contributed by atoms with Crippen LogP contribution in [0, 0.1) is 0 Å². The van der Waals surface area contributed by atoms with E-state index in [0.29, 0.717) is 12.8 Å². The molecule has 1 heterocycles. The lowest BCUT2D eigenvalue weighted by Gasteiger charge is -2.18. The summed E-state index contributed by atoms with van der Waals surface area (Å²) in [4.78, 5) is 20.6. The number of hydrogen-bond donors (Lipinski definition) is 6. The third kappa shape index (κ3) is 35.9. The molecule has 0 amide bonds. The van der Waals surface area contributed by atoms with Crippen LogP contribution in [0.3, 0.4) is 0 Å². The Balaban J connectivity index is 0. The zero-order valence-corrected chi connectivity index (χ0v) is 30.4. The van der Waals surface area contributed by atoms with Crippen molar-refractivity contribution in [3.05, 3.63) is 0 Å². The molecule has 0 bridgehead atoms. The molecule has 0 saturated carbocycles. The van der Waals surface area contributed by atoms with Gasteiger partial charge in [0.15, 0.2) is 0 Å². The van der Waals surface area contributed by atoms with E-state index >= 15 is 0 Å². The molecule has 47 heavy (non-hydrogen) atoms. The Bertz CT molecular complexity index is 621. The highest BCUT2D eigenvalue weighted by Gasteiger charge is 2.38. The molecule has 0 aliphatic carbocycles. The molecule has 4 atom stereocenters. The molecule has 9 heteroatoms. The van der Waals surface area contributed by atoms with Gasteiger partial charge in [-0.15, -0.1) is 0 Å². The van der Waals surface area contributed by atoms with Crippen LogP contribution < -0.4 is 0 Å². The molecular weight excluding hydrogens is 600 g/mol. The van der Waals surface area contributed by atoms with Crippen molar-refractivity contribution in [2.45, 2.75) is 218 Å². The predicted octanol–water partition coefficient (Wildman–Crippen LogP) is 8.56. The van der Waals surface area contributed by atoms with E-state index in [4.69, 9.17) is 35.4 Å². The van der Waals surface area contributed by atoms with Crippen molar-refractivity contribution in [3.8, 4) is 0 Å². The minimum absolute atomic E-state index is 0.00287. The lowest BCUT2D eigenvalue weighted by molar-refractivity contribution is -0.138. The van der Waals surface area contributed by atoms with Crippen LogP contribution >= 0.6 is 0 Å². The van der Waals surface area contributed by atoms with Crippen LogP contribution in [-0.2, 0) is 14.3 Å². The van der Waals surface area contributed by atoms with Gasteiger partial charge in [0.1, 0.15) is 24.4 Å². The molecule has 0 aromatic heterocycles. The Morgan fingerprint density at radius 3 is 1.04 bits per heavy atom. The molecule has 1 aliphatic heterocycles. The molecule has 0 radical (unpaired) electrons. The Labute approximate surface area is 287 Å². The largest absolute Gasteiger partial charge is 0.481 e. The molecule has 1 rings (SSSR count). The summed E-state index contributed by atoms with van der Waals surface area (Å²) in [6.07, 6.45) is 30.5. The van der Waals surface area contributed by atoms with Crippen molar-refractivity contribution in [1.82, 2.24) is 0 Å². The van der Waals surface area contributed by atoms with Crippen LogP contribution in [-0.4, -0.2) is 80.2 Å². The summed E-state index contributed by atoms with van der Waals surface area (Å²) in [6, 6.07) is 0. The number of rotatable bonds is 30. The third-order valence-corrected chi connectivity index (χ3v) is 8.74. The summed E-state index contributed by atoms with van der Waals surface area (Å²) in [7, 11) is 0. The van der Waals surface area contributed by atoms with Gasteiger partial charge in [-0.1, -0.05) is 168 Å². The second kappa shape index (κ2) is 37.6. The molecule has 0 spiro atoms. The fraction of sp³-hybridized carbons (Fsp3) is 0.947. The Kier molecular flexibility index (Phi) is 38.2. The number of ether oxygens (including phenoxy) is 1. The van der Waals surface area contributed by atoms with E-state index in [-0.39, 0.29) is 6.61 Å². The van der Waals surface area contributed by atoms with Crippen LogP contribution in [0.1, 0.15) is 194 Å². The van der Waals surface area contributed by atoms with Crippen molar-refractivity contribution in [2.75, 3.05) is 13.2 Å². The van der Waals surface area contributed by atoms with E-state index in [1.165, 1.54) is 141 Å². The monoisotopic (exact) mass is 677 g/mol. The molecule has 0 aromatic carbocycles. The number of carboxylic acids is 2. The van der Waals surface area contributed by atoms with Gasteiger partial charge in [-0.2, -0.15) is 0 Å². The lowest BCUT2D eigenvalue weighted by atomic mass is 10.0. The van der Waals surface area contributed by atoms with Crippen LogP contribution in [0.5, 0.6) is 0 Å². The lowest BCUT2D eigenvalue weighted by Crippen LogP contribution is -2.40. The number of carboxylic acid groups (broad SMARTS) is 2. The van der Waals surface area contributed by atoms with Gasteiger partial charge in [0.25, 0.3) is 0 Å². The average Bonchev–Trinajstić information content (AvgIpc) is 3.39. The average molecular weight is 677 g/mol.